The van der Waals surface area contributed by atoms with Crippen molar-refractivity contribution in [3.05, 3.63) is 46.9 Å². The van der Waals surface area contributed by atoms with Crippen molar-refractivity contribution in [1.29, 1.82) is 5.26 Å². The van der Waals surface area contributed by atoms with Crippen molar-refractivity contribution in [2.24, 2.45) is 22.7 Å². The molecule has 9 heteroatoms. The van der Waals surface area contributed by atoms with E-state index < -0.39 is 29.3 Å². The lowest BCUT2D eigenvalue weighted by Gasteiger charge is -2.41. The third kappa shape index (κ3) is 3.42. The number of rotatable bonds is 4. The van der Waals surface area contributed by atoms with Crippen LogP contribution in [0.3, 0.4) is 0 Å². The first-order valence-electron chi connectivity index (χ1n) is 11.8. The van der Waals surface area contributed by atoms with Crippen LogP contribution in [-0.4, -0.2) is 26.8 Å². The van der Waals surface area contributed by atoms with Crippen LogP contribution in [0.5, 0.6) is 0 Å². The van der Waals surface area contributed by atoms with Gasteiger partial charge in [0.2, 0.25) is 0 Å². The zero-order chi connectivity index (χ0) is 24.4. The van der Waals surface area contributed by atoms with Gasteiger partial charge in [0.15, 0.2) is 11.6 Å². The van der Waals surface area contributed by atoms with E-state index in [1.807, 2.05) is 6.07 Å². The number of nitrogens with one attached hydrogen (secondary N) is 1. The number of carbonyl (C=O) groups is 1. The molecule has 2 bridgehead atoms. The van der Waals surface area contributed by atoms with Crippen LogP contribution in [0.25, 0.3) is 22.2 Å². The van der Waals surface area contributed by atoms with E-state index in [0.717, 1.165) is 37.8 Å². The third-order valence-corrected chi connectivity index (χ3v) is 7.70. The van der Waals surface area contributed by atoms with E-state index in [-0.39, 0.29) is 56.9 Å². The minimum atomic E-state index is -0.975. The summed E-state index contributed by atoms with van der Waals surface area (Å²) in [4.78, 5) is 23.7. The first-order chi connectivity index (χ1) is 16.9. The van der Waals surface area contributed by atoms with Crippen molar-refractivity contribution in [3.63, 3.8) is 0 Å². The summed E-state index contributed by atoms with van der Waals surface area (Å²) in [6, 6.07) is 3.94. The maximum Gasteiger partial charge on any atom is 0.312 e. The van der Waals surface area contributed by atoms with Crippen LogP contribution in [0.1, 0.15) is 55.6 Å². The smallest absolute Gasteiger partial charge is 0.312 e. The monoisotopic (exact) mass is 478 g/mol. The Morgan fingerprint density at radius 3 is 2.49 bits per heavy atom. The number of fused-ring (bicyclic) bond motifs is 4. The van der Waals surface area contributed by atoms with E-state index in [0.29, 0.717) is 18.6 Å². The van der Waals surface area contributed by atoms with Gasteiger partial charge in [-0.2, -0.15) is 5.26 Å². The number of H-pyrrole nitrogens is 1. The molecule has 7 rings (SSSR count). The average molecular weight is 478 g/mol. The number of hydrogen-bond donors (Lipinski definition) is 2. The molecule has 35 heavy (non-hydrogen) atoms. The highest BCUT2D eigenvalue weighted by atomic mass is 19.1. The lowest BCUT2D eigenvalue weighted by molar-refractivity contribution is -0.142. The van der Waals surface area contributed by atoms with E-state index in [1.165, 1.54) is 6.20 Å². The Bertz CT molecular complexity index is 1460. The first kappa shape index (κ1) is 21.8. The van der Waals surface area contributed by atoms with Gasteiger partial charge in [0, 0.05) is 34.5 Å². The van der Waals surface area contributed by atoms with Gasteiger partial charge in [0.1, 0.15) is 17.7 Å². The number of aromatic amines is 1. The molecular weight excluding hydrogens is 457 g/mol. The number of benzene rings is 1. The summed E-state index contributed by atoms with van der Waals surface area (Å²) in [6.07, 6.45) is 6.02. The molecule has 0 amide bonds. The number of nitriles is 1. The van der Waals surface area contributed by atoms with Gasteiger partial charge in [-0.1, -0.05) is 0 Å². The van der Waals surface area contributed by atoms with Gasteiger partial charge in [0.25, 0.3) is 0 Å². The van der Waals surface area contributed by atoms with Crippen molar-refractivity contribution < 1.29 is 23.1 Å². The number of nitrogens with zero attached hydrogens (tertiary/aromatic N) is 3. The van der Waals surface area contributed by atoms with Crippen LogP contribution < -0.4 is 0 Å². The molecule has 2 aromatic heterocycles. The predicted octanol–water partition coefficient (Wildman–Crippen LogP) is 5.99. The minimum absolute atomic E-state index is 0.0134. The Kier molecular flexibility index (Phi) is 4.95. The Hall–Kier alpha value is -3.67. The second kappa shape index (κ2) is 7.94. The topological polar surface area (TPSA) is 102 Å². The lowest BCUT2D eigenvalue weighted by Crippen LogP contribution is -2.44. The van der Waals surface area contributed by atoms with E-state index in [4.69, 9.17) is 0 Å². The third-order valence-electron chi connectivity index (χ3n) is 7.70. The van der Waals surface area contributed by atoms with E-state index in [1.54, 1.807) is 0 Å². The molecule has 4 saturated carbocycles. The highest BCUT2D eigenvalue weighted by Gasteiger charge is 2.45. The van der Waals surface area contributed by atoms with Gasteiger partial charge in [-0.05, 0) is 62.3 Å². The fraction of sp³-hybridized carbons (Fsp3) is 0.385. The van der Waals surface area contributed by atoms with E-state index >= 15 is 4.39 Å². The summed E-state index contributed by atoms with van der Waals surface area (Å²) in [5.41, 5.74) is 1.03. The van der Waals surface area contributed by atoms with Gasteiger partial charge < -0.3 is 10.1 Å². The number of aliphatic imine (C=N–C) groups is 1. The number of aliphatic carboxylic acids is 1. The molecule has 0 aliphatic heterocycles. The first-order valence-corrected chi connectivity index (χ1v) is 11.8. The summed E-state index contributed by atoms with van der Waals surface area (Å²) in [6.45, 7) is 0. The highest BCUT2D eigenvalue weighted by Crippen LogP contribution is 2.48. The number of halogens is 3. The number of carboxylic acids is 1. The fourth-order valence-electron chi connectivity index (χ4n) is 5.91. The van der Waals surface area contributed by atoms with Crippen LogP contribution in [0, 0.1) is 46.5 Å². The minimum Gasteiger partial charge on any atom is -0.481 e. The molecule has 4 fully saturated rings. The number of pyridine rings is 1. The van der Waals surface area contributed by atoms with Crippen molar-refractivity contribution in [3.8, 4) is 17.3 Å². The maximum atomic E-state index is 15.8. The van der Waals surface area contributed by atoms with Crippen LogP contribution in [0.4, 0.5) is 19.0 Å². The molecule has 0 saturated heterocycles. The van der Waals surface area contributed by atoms with Crippen LogP contribution in [0.15, 0.2) is 23.3 Å². The molecule has 0 spiro atoms. The zero-order valence-electron chi connectivity index (χ0n) is 18.6. The lowest BCUT2D eigenvalue weighted by atomic mass is 9.63. The van der Waals surface area contributed by atoms with E-state index in [9.17, 15) is 23.9 Å². The second-order valence-corrected chi connectivity index (χ2v) is 9.75. The Balaban J connectivity index is 1.60. The molecule has 1 aromatic carbocycles. The molecule has 0 unspecified atom stereocenters. The zero-order valence-corrected chi connectivity index (χ0v) is 18.6. The summed E-state index contributed by atoms with van der Waals surface area (Å²) in [5, 5.41) is 20.0. The Labute approximate surface area is 198 Å². The maximum absolute atomic E-state index is 15.8. The van der Waals surface area contributed by atoms with Crippen molar-refractivity contribution in [1.82, 2.24) is 9.97 Å². The van der Waals surface area contributed by atoms with E-state index in [2.05, 4.69) is 15.0 Å². The SMILES string of the molecule is N#Cc1c(-c2c[nH]c3c(F)cc(F)cc23)nc(N=C2C3CCC(CC3)[C@H]2C(=O)O)c(F)c1C1CC1. The van der Waals surface area contributed by atoms with Crippen LogP contribution >= 0.6 is 0 Å². The summed E-state index contributed by atoms with van der Waals surface area (Å²) < 4.78 is 44.2. The molecule has 4 aliphatic rings. The number of carboxylic acid groups (broad SMARTS) is 1. The molecule has 2 heterocycles. The highest BCUT2D eigenvalue weighted by molar-refractivity contribution is 6.05. The van der Waals surface area contributed by atoms with Crippen molar-refractivity contribution in [2.45, 2.75) is 44.4 Å². The molecule has 3 aromatic rings. The molecule has 178 valence electrons. The van der Waals surface area contributed by atoms with Gasteiger partial charge in [-0.15, -0.1) is 0 Å². The quantitative estimate of drug-likeness (QED) is 0.481. The Morgan fingerprint density at radius 2 is 1.83 bits per heavy atom. The summed E-state index contributed by atoms with van der Waals surface area (Å²) in [7, 11) is 0. The fourth-order valence-corrected chi connectivity index (χ4v) is 5.91. The molecule has 6 nitrogen and oxygen atoms in total. The van der Waals surface area contributed by atoms with Gasteiger partial charge >= 0.3 is 5.97 Å². The summed E-state index contributed by atoms with van der Waals surface area (Å²) in [5.74, 6) is -4.60. The Morgan fingerprint density at radius 1 is 1.11 bits per heavy atom. The van der Waals surface area contributed by atoms with Crippen LogP contribution in [-0.2, 0) is 4.79 Å². The van der Waals surface area contributed by atoms with Gasteiger partial charge in [-0.25, -0.2) is 23.1 Å². The van der Waals surface area contributed by atoms with Crippen molar-refractivity contribution >= 4 is 28.4 Å². The van der Waals surface area contributed by atoms with Gasteiger partial charge in [-0.3, -0.25) is 4.79 Å². The largest absolute Gasteiger partial charge is 0.481 e. The molecule has 1 atom stereocenters. The number of hydrogen-bond acceptors (Lipinski definition) is 4. The molecular formula is C26H21F3N4O2. The standard InChI is InChI=1S/C26H21F3N4O2/c27-14-7-15-17(10-31-24(15)18(28)8-14)23-16(9-30)19(11-1-2-11)21(29)25(33-23)32-22-13-5-3-12(4-6-13)20(22)26(34)35/h7-8,10-13,20,31H,1-6H2,(H,34,35)/t12?,13?,20-/m1/s1. The summed E-state index contributed by atoms with van der Waals surface area (Å²) >= 11 is 0. The van der Waals surface area contributed by atoms with Gasteiger partial charge in [0.05, 0.1) is 22.7 Å². The normalized spacial score (nSPS) is 24.7. The second-order valence-electron chi connectivity index (χ2n) is 9.75. The number of aromatic nitrogens is 2. The average Bonchev–Trinajstić information content (AvgIpc) is 3.59. The van der Waals surface area contributed by atoms with Crippen LogP contribution in [0.2, 0.25) is 0 Å². The molecule has 2 N–H and O–H groups in total. The van der Waals surface area contributed by atoms with Crippen molar-refractivity contribution in [2.75, 3.05) is 0 Å². The molecule has 4 aliphatic carbocycles. The molecule has 0 radical (unpaired) electrons. The predicted molar refractivity (Wildman–Crippen MR) is 122 cm³/mol.